The maximum absolute atomic E-state index is 12.9. The van der Waals surface area contributed by atoms with Crippen molar-refractivity contribution in [3.05, 3.63) is 84.4 Å². The highest BCUT2D eigenvalue weighted by Crippen LogP contribution is 2.32. The van der Waals surface area contributed by atoms with E-state index in [2.05, 4.69) is 15.5 Å². The Morgan fingerprint density at radius 2 is 1.57 bits per heavy atom. The first-order chi connectivity index (χ1) is 17.1. The van der Waals surface area contributed by atoms with Gasteiger partial charge in [0.2, 0.25) is 5.89 Å². The third-order valence-corrected chi connectivity index (χ3v) is 5.16. The van der Waals surface area contributed by atoms with E-state index in [0.717, 1.165) is 5.56 Å². The fraction of sp³-hybridized carbons (Fsp3) is 0.185. The number of para-hydroxylation sites is 1. The molecule has 1 aromatic heterocycles. The van der Waals surface area contributed by atoms with Crippen LogP contribution in [0.15, 0.2) is 83.3 Å². The molecule has 0 aliphatic heterocycles. The van der Waals surface area contributed by atoms with Gasteiger partial charge in [0.05, 0.1) is 17.7 Å². The minimum atomic E-state index is -0.766. The molecule has 1 atom stereocenters. The molecule has 1 unspecified atom stereocenters. The second-order valence-electron chi connectivity index (χ2n) is 7.58. The van der Waals surface area contributed by atoms with Gasteiger partial charge in [0.1, 0.15) is 5.75 Å². The van der Waals surface area contributed by atoms with Crippen LogP contribution in [0, 0.1) is 0 Å². The van der Waals surface area contributed by atoms with Crippen LogP contribution in [0.4, 0.5) is 5.69 Å². The standard InChI is InChI=1S/C27H25N3O5/c1-3-22(24(31)28-20-16-14-19(15-17-20)27(32)33-4-2)34-23-13-9-8-12-21(23)26-30-29-25(35-26)18-10-6-5-7-11-18/h5-17,22H,3-4H2,1-2H3,(H,28,31). The maximum Gasteiger partial charge on any atom is 0.338 e. The first kappa shape index (κ1) is 23.7. The molecule has 0 bridgehead atoms. The number of amides is 1. The summed E-state index contributed by atoms with van der Waals surface area (Å²) in [4.78, 5) is 24.7. The lowest BCUT2D eigenvalue weighted by molar-refractivity contribution is -0.122. The minimum Gasteiger partial charge on any atom is -0.480 e. The number of esters is 1. The summed E-state index contributed by atoms with van der Waals surface area (Å²) < 4.78 is 16.9. The minimum absolute atomic E-state index is 0.296. The van der Waals surface area contributed by atoms with Gasteiger partial charge in [-0.1, -0.05) is 37.3 Å². The Hall–Kier alpha value is -4.46. The van der Waals surface area contributed by atoms with Crippen molar-refractivity contribution in [1.82, 2.24) is 10.2 Å². The van der Waals surface area contributed by atoms with Crippen molar-refractivity contribution in [1.29, 1.82) is 0 Å². The molecule has 1 N–H and O–H groups in total. The number of hydrogen-bond donors (Lipinski definition) is 1. The fourth-order valence-electron chi connectivity index (χ4n) is 3.38. The van der Waals surface area contributed by atoms with Crippen molar-refractivity contribution in [2.75, 3.05) is 11.9 Å². The number of benzene rings is 3. The SMILES string of the molecule is CCOC(=O)c1ccc(NC(=O)C(CC)Oc2ccccc2-c2nnc(-c3ccccc3)o2)cc1. The van der Waals surface area contributed by atoms with E-state index < -0.39 is 12.1 Å². The molecule has 8 heteroatoms. The van der Waals surface area contributed by atoms with Crippen molar-refractivity contribution >= 4 is 17.6 Å². The summed E-state index contributed by atoms with van der Waals surface area (Å²) >= 11 is 0. The van der Waals surface area contributed by atoms with Crippen LogP contribution < -0.4 is 10.1 Å². The van der Waals surface area contributed by atoms with Gasteiger partial charge in [-0.2, -0.15) is 0 Å². The van der Waals surface area contributed by atoms with Crippen LogP contribution in [-0.4, -0.2) is 34.8 Å². The zero-order chi connectivity index (χ0) is 24.6. The molecule has 0 saturated carbocycles. The number of ether oxygens (including phenoxy) is 2. The summed E-state index contributed by atoms with van der Waals surface area (Å²) in [7, 11) is 0. The zero-order valence-corrected chi connectivity index (χ0v) is 19.4. The number of nitrogens with one attached hydrogen (secondary N) is 1. The molecule has 4 rings (SSSR count). The summed E-state index contributed by atoms with van der Waals surface area (Å²) in [6, 6.07) is 23.2. The Morgan fingerprint density at radius 1 is 0.886 bits per heavy atom. The Balaban J connectivity index is 1.48. The third kappa shape index (κ3) is 5.73. The van der Waals surface area contributed by atoms with Crippen LogP contribution in [0.5, 0.6) is 5.75 Å². The van der Waals surface area contributed by atoms with E-state index in [-0.39, 0.29) is 5.91 Å². The summed E-state index contributed by atoms with van der Waals surface area (Å²) in [5.41, 5.74) is 2.36. The van der Waals surface area contributed by atoms with E-state index in [9.17, 15) is 9.59 Å². The summed E-state index contributed by atoms with van der Waals surface area (Å²) in [6.45, 7) is 3.90. The van der Waals surface area contributed by atoms with Crippen molar-refractivity contribution in [3.8, 4) is 28.7 Å². The topological polar surface area (TPSA) is 104 Å². The van der Waals surface area contributed by atoms with E-state index >= 15 is 0 Å². The van der Waals surface area contributed by atoms with Crippen LogP contribution in [0.1, 0.15) is 30.6 Å². The highest BCUT2D eigenvalue weighted by molar-refractivity contribution is 5.95. The molecular formula is C27H25N3O5. The third-order valence-electron chi connectivity index (χ3n) is 5.16. The normalized spacial score (nSPS) is 11.5. The number of nitrogens with zero attached hydrogens (tertiary/aromatic N) is 2. The quantitative estimate of drug-likeness (QED) is 0.327. The van der Waals surface area contributed by atoms with E-state index in [1.54, 1.807) is 43.3 Å². The maximum atomic E-state index is 12.9. The molecule has 0 saturated heterocycles. The van der Waals surface area contributed by atoms with Crippen molar-refractivity contribution in [3.63, 3.8) is 0 Å². The molecule has 1 amide bonds. The lowest BCUT2D eigenvalue weighted by Crippen LogP contribution is -2.32. The van der Waals surface area contributed by atoms with Gasteiger partial charge in [0.15, 0.2) is 6.10 Å². The summed E-state index contributed by atoms with van der Waals surface area (Å²) in [5, 5.41) is 11.1. The van der Waals surface area contributed by atoms with Gasteiger partial charge >= 0.3 is 5.97 Å². The molecule has 0 fully saturated rings. The van der Waals surface area contributed by atoms with Crippen molar-refractivity contribution in [2.24, 2.45) is 0 Å². The Bertz CT molecular complexity index is 1290. The number of carbonyl (C=O) groups is 2. The highest BCUT2D eigenvalue weighted by Gasteiger charge is 2.22. The van der Waals surface area contributed by atoms with Gasteiger partial charge in [0.25, 0.3) is 11.8 Å². The average Bonchev–Trinajstić information content (AvgIpc) is 3.39. The smallest absolute Gasteiger partial charge is 0.338 e. The van der Waals surface area contributed by atoms with Gasteiger partial charge in [-0.25, -0.2) is 4.79 Å². The second kappa shape index (κ2) is 11.1. The fourth-order valence-corrected chi connectivity index (χ4v) is 3.38. The first-order valence-corrected chi connectivity index (χ1v) is 11.3. The predicted molar refractivity (Wildman–Crippen MR) is 131 cm³/mol. The largest absolute Gasteiger partial charge is 0.480 e. The first-order valence-electron chi connectivity index (χ1n) is 11.3. The predicted octanol–water partition coefficient (Wildman–Crippen LogP) is 5.38. The van der Waals surface area contributed by atoms with Gasteiger partial charge in [0, 0.05) is 11.3 Å². The number of rotatable bonds is 9. The van der Waals surface area contributed by atoms with E-state index in [0.29, 0.717) is 47.4 Å². The van der Waals surface area contributed by atoms with Gasteiger partial charge in [-0.05, 0) is 61.9 Å². The molecule has 35 heavy (non-hydrogen) atoms. The molecular weight excluding hydrogens is 446 g/mol. The number of anilines is 1. The van der Waals surface area contributed by atoms with E-state index in [1.807, 2.05) is 49.4 Å². The van der Waals surface area contributed by atoms with Crippen molar-refractivity contribution < 1.29 is 23.5 Å². The molecule has 0 radical (unpaired) electrons. The Morgan fingerprint density at radius 3 is 2.29 bits per heavy atom. The molecule has 3 aromatic carbocycles. The molecule has 1 heterocycles. The summed E-state index contributed by atoms with van der Waals surface area (Å²) in [6.07, 6.45) is -0.336. The molecule has 4 aromatic rings. The molecule has 0 aliphatic carbocycles. The monoisotopic (exact) mass is 471 g/mol. The van der Waals surface area contributed by atoms with Crippen LogP contribution in [0.2, 0.25) is 0 Å². The molecule has 8 nitrogen and oxygen atoms in total. The molecule has 178 valence electrons. The van der Waals surface area contributed by atoms with E-state index in [4.69, 9.17) is 13.9 Å². The number of carbonyl (C=O) groups excluding carboxylic acids is 2. The van der Waals surface area contributed by atoms with Crippen LogP contribution in [0.3, 0.4) is 0 Å². The molecule has 0 aliphatic rings. The van der Waals surface area contributed by atoms with E-state index in [1.165, 1.54) is 0 Å². The lowest BCUT2D eigenvalue weighted by atomic mass is 10.1. The van der Waals surface area contributed by atoms with Gasteiger partial charge in [-0.3, -0.25) is 4.79 Å². The molecule has 0 spiro atoms. The zero-order valence-electron chi connectivity index (χ0n) is 19.4. The summed E-state index contributed by atoms with van der Waals surface area (Å²) in [5.74, 6) is 0.418. The van der Waals surface area contributed by atoms with Gasteiger partial charge in [-0.15, -0.1) is 10.2 Å². The Kier molecular flexibility index (Phi) is 7.52. The average molecular weight is 472 g/mol. The van der Waals surface area contributed by atoms with Crippen LogP contribution in [0.25, 0.3) is 22.9 Å². The van der Waals surface area contributed by atoms with Crippen molar-refractivity contribution in [2.45, 2.75) is 26.4 Å². The highest BCUT2D eigenvalue weighted by atomic mass is 16.5. The Labute approximate surface area is 202 Å². The second-order valence-corrected chi connectivity index (χ2v) is 7.58. The van der Waals surface area contributed by atoms with Gasteiger partial charge < -0.3 is 19.2 Å². The number of hydrogen-bond acceptors (Lipinski definition) is 7. The number of aromatic nitrogens is 2. The van der Waals surface area contributed by atoms with Crippen LogP contribution >= 0.6 is 0 Å². The van der Waals surface area contributed by atoms with Crippen LogP contribution in [-0.2, 0) is 9.53 Å². The lowest BCUT2D eigenvalue weighted by Gasteiger charge is -2.18.